The second kappa shape index (κ2) is 6.34. The number of carbonyl (C=O) groups is 3. The van der Waals surface area contributed by atoms with Gasteiger partial charge >= 0.3 is 16.4 Å². The van der Waals surface area contributed by atoms with Gasteiger partial charge in [-0.3, -0.25) is 25.0 Å². The minimum absolute atomic E-state index is 0.0577. The van der Waals surface area contributed by atoms with E-state index in [0.717, 1.165) is 4.90 Å². The average Bonchev–Trinajstić information content (AvgIpc) is 3.16. The summed E-state index contributed by atoms with van der Waals surface area (Å²) in [6.07, 6.45) is 3.01. The molecule has 3 N–H and O–H groups in total. The number of fused-ring (bicyclic) bond motifs is 2. The number of piperidine rings is 1. The average molecular weight is 374 g/mol. The minimum Gasteiger partial charge on any atom is -0.472 e. The molecule has 1 unspecified atom stereocenters. The quantitative estimate of drug-likeness (QED) is 0.449. The summed E-state index contributed by atoms with van der Waals surface area (Å²) in [5.74, 6) is -1.24. The molecule has 0 aliphatic carbocycles. The van der Waals surface area contributed by atoms with E-state index in [1.165, 1.54) is 18.6 Å². The zero-order valence-corrected chi connectivity index (χ0v) is 13.4. The highest BCUT2D eigenvalue weighted by Crippen LogP contribution is 2.30. The van der Waals surface area contributed by atoms with Crippen molar-refractivity contribution >= 4 is 28.2 Å². The summed E-state index contributed by atoms with van der Waals surface area (Å²) < 4.78 is 39.4. The fourth-order valence-electron chi connectivity index (χ4n) is 2.77. The second-order valence-electron chi connectivity index (χ2n) is 5.47. The Morgan fingerprint density at radius 2 is 2.08 bits per heavy atom. The number of hydroxylamine groups is 2. The smallest absolute Gasteiger partial charge is 0.418 e. The monoisotopic (exact) mass is 374 g/mol. The molecular formula is C12H14N4O8S. The normalized spacial score (nSPS) is 22.8. The molecule has 2 saturated heterocycles. The van der Waals surface area contributed by atoms with E-state index in [1.54, 1.807) is 0 Å². The first kappa shape index (κ1) is 17.2. The Bertz CT molecular complexity index is 792. The lowest BCUT2D eigenvalue weighted by Crippen LogP contribution is -2.54. The van der Waals surface area contributed by atoms with Gasteiger partial charge in [-0.2, -0.15) is 13.5 Å². The summed E-state index contributed by atoms with van der Waals surface area (Å²) in [4.78, 5) is 37.2. The van der Waals surface area contributed by atoms with E-state index in [1.807, 2.05) is 0 Å². The van der Waals surface area contributed by atoms with Crippen molar-refractivity contribution in [1.29, 1.82) is 0 Å². The maximum absolute atomic E-state index is 12.2. The largest absolute Gasteiger partial charge is 0.472 e. The summed E-state index contributed by atoms with van der Waals surface area (Å²) in [6.45, 7) is 0.0577. The first-order valence-corrected chi connectivity index (χ1v) is 8.52. The van der Waals surface area contributed by atoms with Gasteiger partial charge in [-0.05, 0) is 18.9 Å². The van der Waals surface area contributed by atoms with Gasteiger partial charge in [-0.1, -0.05) is 0 Å². The van der Waals surface area contributed by atoms with Crippen molar-refractivity contribution in [2.45, 2.75) is 24.9 Å². The van der Waals surface area contributed by atoms with E-state index in [-0.39, 0.29) is 24.9 Å². The van der Waals surface area contributed by atoms with Crippen molar-refractivity contribution in [3.8, 4) is 0 Å². The molecule has 25 heavy (non-hydrogen) atoms. The molecule has 0 saturated carbocycles. The van der Waals surface area contributed by atoms with Crippen LogP contribution in [0.5, 0.6) is 0 Å². The number of rotatable bonds is 4. The third-order valence-electron chi connectivity index (χ3n) is 3.88. The molecule has 2 bridgehead atoms. The summed E-state index contributed by atoms with van der Waals surface area (Å²) >= 11 is 0. The van der Waals surface area contributed by atoms with E-state index in [0.29, 0.717) is 5.06 Å². The molecule has 136 valence electrons. The van der Waals surface area contributed by atoms with Gasteiger partial charge < -0.3 is 9.32 Å². The lowest BCUT2D eigenvalue weighted by Gasteiger charge is -2.29. The Balaban J connectivity index is 1.61. The number of hydrazine groups is 1. The van der Waals surface area contributed by atoms with Crippen LogP contribution in [0, 0.1) is 0 Å². The van der Waals surface area contributed by atoms with Crippen LogP contribution < -0.4 is 10.9 Å². The number of hydrogen-bond donors (Lipinski definition) is 3. The lowest BCUT2D eigenvalue weighted by atomic mass is 10.0. The summed E-state index contributed by atoms with van der Waals surface area (Å²) in [7, 11) is -4.85. The Morgan fingerprint density at radius 3 is 2.72 bits per heavy atom. The van der Waals surface area contributed by atoms with Crippen LogP contribution in [0.3, 0.4) is 0 Å². The summed E-state index contributed by atoms with van der Waals surface area (Å²) in [6, 6.07) is -0.967. The molecule has 4 amide bonds. The molecule has 2 aliphatic heterocycles. The molecule has 1 aromatic heterocycles. The predicted molar refractivity (Wildman–Crippen MR) is 77.7 cm³/mol. The maximum atomic E-state index is 12.2. The second-order valence-corrected chi connectivity index (χ2v) is 6.47. The number of hydrogen-bond acceptors (Lipinski definition) is 7. The van der Waals surface area contributed by atoms with Gasteiger partial charge in [0.15, 0.2) is 0 Å². The standard InChI is InChI=1S/C12H14N4O8S/c17-10(7-3-4-23-6-7)13-14-11(18)9-2-1-8-5-15(9)12(19)16(8)24-25(20,21)22/h3-4,6,8-9H,1-2,5H2,(H,13,17)(H,14,18)(H,20,21,22)/t8?,9-/m0/s1. The highest BCUT2D eigenvalue weighted by atomic mass is 32.3. The van der Waals surface area contributed by atoms with Gasteiger partial charge in [0.1, 0.15) is 12.3 Å². The van der Waals surface area contributed by atoms with Crippen molar-refractivity contribution in [1.82, 2.24) is 20.8 Å². The van der Waals surface area contributed by atoms with Gasteiger partial charge in [0.25, 0.3) is 11.8 Å². The fourth-order valence-corrected chi connectivity index (χ4v) is 3.16. The van der Waals surface area contributed by atoms with Crippen molar-refractivity contribution in [2.75, 3.05) is 6.54 Å². The molecule has 1 aromatic rings. The number of amides is 4. The third-order valence-corrected chi connectivity index (χ3v) is 4.23. The number of furan rings is 1. The highest BCUT2D eigenvalue weighted by molar-refractivity contribution is 7.80. The van der Waals surface area contributed by atoms with Gasteiger partial charge in [0.05, 0.1) is 17.9 Å². The zero-order chi connectivity index (χ0) is 18.2. The molecule has 0 spiro atoms. The van der Waals surface area contributed by atoms with Crippen LogP contribution in [0.1, 0.15) is 23.2 Å². The first-order chi connectivity index (χ1) is 11.8. The van der Waals surface area contributed by atoms with Crippen LogP contribution in [0.2, 0.25) is 0 Å². The first-order valence-electron chi connectivity index (χ1n) is 7.15. The van der Waals surface area contributed by atoms with E-state index in [4.69, 9.17) is 8.97 Å². The van der Waals surface area contributed by atoms with Crippen molar-refractivity contribution in [3.63, 3.8) is 0 Å². The Hall–Kier alpha value is -2.64. The molecule has 12 nitrogen and oxygen atoms in total. The molecule has 2 fully saturated rings. The molecule has 0 radical (unpaired) electrons. The van der Waals surface area contributed by atoms with Crippen LogP contribution >= 0.6 is 0 Å². The number of carbonyl (C=O) groups excluding carboxylic acids is 3. The molecule has 13 heteroatoms. The van der Waals surface area contributed by atoms with Gasteiger partial charge in [0.2, 0.25) is 0 Å². The SMILES string of the molecule is O=C(NNC(=O)[C@@H]1CCC2CN1C(=O)N2OS(=O)(=O)O)c1ccoc1. The minimum atomic E-state index is -4.85. The maximum Gasteiger partial charge on any atom is 0.418 e. The van der Waals surface area contributed by atoms with Crippen molar-refractivity contribution in [2.24, 2.45) is 0 Å². The van der Waals surface area contributed by atoms with Gasteiger partial charge in [-0.25, -0.2) is 4.79 Å². The number of nitrogens with one attached hydrogen (secondary N) is 2. The van der Waals surface area contributed by atoms with E-state index in [9.17, 15) is 22.8 Å². The molecular weight excluding hydrogens is 360 g/mol. The zero-order valence-electron chi connectivity index (χ0n) is 12.6. The van der Waals surface area contributed by atoms with Crippen molar-refractivity contribution in [3.05, 3.63) is 24.2 Å². The Labute approximate surface area is 141 Å². The van der Waals surface area contributed by atoms with E-state index >= 15 is 0 Å². The summed E-state index contributed by atoms with van der Waals surface area (Å²) in [5, 5.41) is 0.534. The topological polar surface area (TPSA) is 158 Å². The van der Waals surface area contributed by atoms with E-state index in [2.05, 4.69) is 15.1 Å². The molecule has 0 aromatic carbocycles. The van der Waals surface area contributed by atoms with Crippen molar-refractivity contribution < 1.29 is 36.1 Å². The number of urea groups is 1. The lowest BCUT2D eigenvalue weighted by molar-refractivity contribution is -0.126. The van der Waals surface area contributed by atoms with Crippen LogP contribution in [0.4, 0.5) is 4.79 Å². The molecule has 3 heterocycles. The fraction of sp³-hybridized carbons (Fsp3) is 0.417. The van der Waals surface area contributed by atoms with Crippen LogP contribution in [-0.2, 0) is 19.5 Å². The Morgan fingerprint density at radius 1 is 1.32 bits per heavy atom. The predicted octanol–water partition coefficient (Wildman–Crippen LogP) is -0.956. The Kier molecular flexibility index (Phi) is 4.36. The van der Waals surface area contributed by atoms with Crippen LogP contribution in [-0.4, -0.2) is 59.4 Å². The van der Waals surface area contributed by atoms with E-state index < -0.39 is 40.3 Å². The summed E-state index contributed by atoms with van der Waals surface area (Å²) in [5.41, 5.74) is 4.60. The van der Waals surface area contributed by atoms with Crippen LogP contribution in [0.25, 0.3) is 0 Å². The molecule has 2 aliphatic rings. The molecule has 3 rings (SSSR count). The molecule has 2 atom stereocenters. The van der Waals surface area contributed by atoms with Gasteiger partial charge in [-0.15, -0.1) is 4.28 Å². The highest BCUT2D eigenvalue weighted by Gasteiger charge is 2.49. The number of nitrogens with zero attached hydrogens (tertiary/aromatic N) is 2. The van der Waals surface area contributed by atoms with Gasteiger partial charge in [0, 0.05) is 6.54 Å². The van der Waals surface area contributed by atoms with Crippen LogP contribution in [0.15, 0.2) is 23.0 Å². The third kappa shape index (κ3) is 3.57.